The molecule has 144 valence electrons. The van der Waals surface area contributed by atoms with Crippen LogP contribution in [0.3, 0.4) is 0 Å². The van der Waals surface area contributed by atoms with E-state index in [4.69, 9.17) is 21.7 Å². The average Bonchev–Trinajstić information content (AvgIpc) is 2.71. The molecule has 0 aliphatic carbocycles. The standard InChI is InChI=1S/C22H28N2O2S/c1-3-5-8-17-11-13-18(14-12-17)23-22(27)24(4-2)15-19-16-25-20-9-6-7-10-21(20)26-19/h6-7,9-14,19H,3-5,8,15-16H2,1-2H3,(H,23,27). The Labute approximate surface area is 167 Å². The summed E-state index contributed by atoms with van der Waals surface area (Å²) in [5.41, 5.74) is 2.39. The number of hydrogen-bond donors (Lipinski definition) is 1. The monoisotopic (exact) mass is 384 g/mol. The van der Waals surface area contributed by atoms with E-state index in [0.29, 0.717) is 18.3 Å². The van der Waals surface area contributed by atoms with E-state index in [1.54, 1.807) is 0 Å². The molecule has 27 heavy (non-hydrogen) atoms. The molecule has 0 saturated carbocycles. The van der Waals surface area contributed by atoms with E-state index >= 15 is 0 Å². The Balaban J connectivity index is 1.55. The molecule has 1 heterocycles. The maximum absolute atomic E-state index is 6.06. The smallest absolute Gasteiger partial charge is 0.173 e. The lowest BCUT2D eigenvalue weighted by Crippen LogP contribution is -2.45. The predicted molar refractivity (Wildman–Crippen MR) is 115 cm³/mol. The highest BCUT2D eigenvalue weighted by molar-refractivity contribution is 7.80. The summed E-state index contributed by atoms with van der Waals surface area (Å²) in [6.07, 6.45) is 3.52. The van der Waals surface area contributed by atoms with Crippen molar-refractivity contribution in [2.75, 3.05) is 25.0 Å². The zero-order chi connectivity index (χ0) is 19.1. The highest BCUT2D eigenvalue weighted by atomic mass is 32.1. The highest BCUT2D eigenvalue weighted by Crippen LogP contribution is 2.31. The van der Waals surface area contributed by atoms with Crippen LogP contribution < -0.4 is 14.8 Å². The summed E-state index contributed by atoms with van der Waals surface area (Å²) in [6, 6.07) is 16.3. The fourth-order valence-electron chi connectivity index (χ4n) is 3.09. The number of nitrogens with one attached hydrogen (secondary N) is 1. The van der Waals surface area contributed by atoms with Crippen LogP contribution in [0.4, 0.5) is 5.69 Å². The maximum Gasteiger partial charge on any atom is 0.173 e. The molecule has 3 rings (SSSR count). The molecule has 0 spiro atoms. The SMILES string of the molecule is CCCCc1ccc(NC(=S)N(CC)CC2COc3ccccc3O2)cc1. The van der Waals surface area contributed by atoms with Crippen LogP contribution in [0.25, 0.3) is 0 Å². The summed E-state index contributed by atoms with van der Waals surface area (Å²) in [4.78, 5) is 2.11. The number of fused-ring (bicyclic) bond motifs is 1. The van der Waals surface area contributed by atoms with Gasteiger partial charge in [0.2, 0.25) is 0 Å². The molecule has 4 nitrogen and oxygen atoms in total. The summed E-state index contributed by atoms with van der Waals surface area (Å²) >= 11 is 5.62. The fraction of sp³-hybridized carbons (Fsp3) is 0.409. The van der Waals surface area contributed by atoms with Gasteiger partial charge in [-0.2, -0.15) is 0 Å². The van der Waals surface area contributed by atoms with Crippen LogP contribution in [0.2, 0.25) is 0 Å². The number of para-hydroxylation sites is 2. The number of unbranched alkanes of at least 4 members (excludes halogenated alkanes) is 1. The van der Waals surface area contributed by atoms with E-state index in [1.165, 1.54) is 18.4 Å². The van der Waals surface area contributed by atoms with E-state index in [2.05, 4.69) is 48.3 Å². The summed E-state index contributed by atoms with van der Waals surface area (Å²) in [7, 11) is 0. The fourth-order valence-corrected chi connectivity index (χ4v) is 3.41. The molecule has 0 fully saturated rings. The molecule has 0 radical (unpaired) electrons. The molecule has 1 N–H and O–H groups in total. The number of hydrogen-bond acceptors (Lipinski definition) is 3. The molecule has 1 aliphatic heterocycles. The lowest BCUT2D eigenvalue weighted by Gasteiger charge is -2.32. The van der Waals surface area contributed by atoms with E-state index in [0.717, 1.165) is 30.2 Å². The average molecular weight is 385 g/mol. The second kappa shape index (κ2) is 9.60. The van der Waals surface area contributed by atoms with Crippen molar-refractivity contribution < 1.29 is 9.47 Å². The topological polar surface area (TPSA) is 33.7 Å². The lowest BCUT2D eigenvalue weighted by molar-refractivity contribution is 0.0754. The van der Waals surface area contributed by atoms with Gasteiger partial charge >= 0.3 is 0 Å². The Bertz CT molecular complexity index is 748. The predicted octanol–water partition coefficient (Wildman–Crippen LogP) is 4.89. The molecule has 0 bridgehead atoms. The zero-order valence-electron chi connectivity index (χ0n) is 16.1. The first kappa shape index (κ1) is 19.5. The van der Waals surface area contributed by atoms with Crippen LogP contribution in [0, 0.1) is 0 Å². The zero-order valence-corrected chi connectivity index (χ0v) is 16.9. The van der Waals surface area contributed by atoms with Crippen molar-refractivity contribution in [1.82, 2.24) is 4.90 Å². The molecular weight excluding hydrogens is 356 g/mol. The normalized spacial score (nSPS) is 15.3. The first-order valence-corrected chi connectivity index (χ1v) is 10.1. The van der Waals surface area contributed by atoms with Crippen LogP contribution in [-0.2, 0) is 6.42 Å². The molecule has 0 saturated heterocycles. The molecule has 2 aromatic carbocycles. The molecule has 1 aliphatic rings. The van der Waals surface area contributed by atoms with Gasteiger partial charge in [0.1, 0.15) is 6.61 Å². The number of ether oxygens (including phenoxy) is 2. The van der Waals surface area contributed by atoms with Crippen LogP contribution in [0.5, 0.6) is 11.5 Å². The summed E-state index contributed by atoms with van der Waals surface area (Å²) in [5.74, 6) is 1.60. The lowest BCUT2D eigenvalue weighted by atomic mass is 10.1. The molecule has 5 heteroatoms. The Morgan fingerprint density at radius 2 is 1.85 bits per heavy atom. The van der Waals surface area contributed by atoms with Crippen LogP contribution >= 0.6 is 12.2 Å². The molecule has 0 aromatic heterocycles. The third-order valence-electron chi connectivity index (χ3n) is 4.68. The Hall–Kier alpha value is -2.27. The number of benzene rings is 2. The van der Waals surface area contributed by atoms with Crippen LogP contribution in [0.15, 0.2) is 48.5 Å². The summed E-state index contributed by atoms with van der Waals surface area (Å²) in [6.45, 7) is 6.34. The highest BCUT2D eigenvalue weighted by Gasteiger charge is 2.23. The van der Waals surface area contributed by atoms with Gasteiger partial charge in [-0.3, -0.25) is 0 Å². The molecule has 1 unspecified atom stereocenters. The van der Waals surface area contributed by atoms with Crippen molar-refractivity contribution >= 4 is 23.0 Å². The van der Waals surface area contributed by atoms with Crippen molar-refractivity contribution in [1.29, 1.82) is 0 Å². The van der Waals surface area contributed by atoms with Gasteiger partial charge in [-0.05, 0) is 61.8 Å². The third-order valence-corrected chi connectivity index (χ3v) is 5.04. The van der Waals surface area contributed by atoms with E-state index < -0.39 is 0 Å². The number of aryl methyl sites for hydroxylation is 1. The van der Waals surface area contributed by atoms with Crippen molar-refractivity contribution in [2.24, 2.45) is 0 Å². The van der Waals surface area contributed by atoms with Gasteiger partial charge in [0.25, 0.3) is 0 Å². The minimum Gasteiger partial charge on any atom is -0.486 e. The van der Waals surface area contributed by atoms with Crippen molar-refractivity contribution in [3.8, 4) is 11.5 Å². The summed E-state index contributed by atoms with van der Waals surface area (Å²) < 4.78 is 11.9. The number of thiocarbonyl (C=S) groups is 1. The second-order valence-corrected chi connectivity index (χ2v) is 7.15. The number of nitrogens with zero attached hydrogens (tertiary/aromatic N) is 1. The van der Waals surface area contributed by atoms with E-state index in [1.807, 2.05) is 24.3 Å². The van der Waals surface area contributed by atoms with Gasteiger partial charge in [-0.15, -0.1) is 0 Å². The molecule has 2 aromatic rings. The summed E-state index contributed by atoms with van der Waals surface area (Å²) in [5, 5.41) is 4.06. The van der Waals surface area contributed by atoms with Gasteiger partial charge in [-0.1, -0.05) is 37.6 Å². The van der Waals surface area contributed by atoms with Gasteiger partial charge < -0.3 is 19.7 Å². The van der Waals surface area contributed by atoms with Gasteiger partial charge in [0.15, 0.2) is 22.7 Å². The molecule has 1 atom stereocenters. The maximum atomic E-state index is 6.06. The Morgan fingerprint density at radius 3 is 2.56 bits per heavy atom. The first-order valence-electron chi connectivity index (χ1n) is 9.73. The van der Waals surface area contributed by atoms with Gasteiger partial charge in [-0.25, -0.2) is 0 Å². The van der Waals surface area contributed by atoms with Gasteiger partial charge in [0.05, 0.1) is 6.54 Å². The van der Waals surface area contributed by atoms with E-state index in [-0.39, 0.29) is 6.10 Å². The van der Waals surface area contributed by atoms with Crippen molar-refractivity contribution in [3.63, 3.8) is 0 Å². The largest absolute Gasteiger partial charge is 0.486 e. The van der Waals surface area contributed by atoms with Gasteiger partial charge in [0, 0.05) is 12.2 Å². The van der Waals surface area contributed by atoms with Crippen molar-refractivity contribution in [2.45, 2.75) is 39.2 Å². The van der Waals surface area contributed by atoms with Crippen LogP contribution in [0.1, 0.15) is 32.3 Å². The third kappa shape index (κ3) is 5.36. The van der Waals surface area contributed by atoms with Crippen molar-refractivity contribution in [3.05, 3.63) is 54.1 Å². The minimum absolute atomic E-state index is 0.0454. The minimum atomic E-state index is -0.0454. The Morgan fingerprint density at radius 1 is 1.11 bits per heavy atom. The molecular formula is C22H28N2O2S. The van der Waals surface area contributed by atoms with Crippen LogP contribution in [-0.4, -0.2) is 35.8 Å². The number of anilines is 1. The first-order chi connectivity index (χ1) is 13.2. The number of rotatable bonds is 7. The van der Waals surface area contributed by atoms with E-state index in [9.17, 15) is 0 Å². The Kier molecular flexibility index (Phi) is 6.93. The number of likely N-dealkylation sites (N-methyl/N-ethyl adjacent to an activating group) is 1. The second-order valence-electron chi connectivity index (χ2n) is 6.77. The quantitative estimate of drug-likeness (QED) is 0.688. The molecule has 0 amide bonds.